The molecule has 118 valence electrons. The molecule has 1 aliphatic rings. The van der Waals surface area contributed by atoms with Crippen molar-refractivity contribution in [1.29, 1.82) is 0 Å². The number of hydrogen-bond donors (Lipinski definition) is 1. The number of nitrogens with one attached hydrogen (secondary N) is 1. The average Bonchev–Trinajstić information content (AvgIpc) is 2.86. The Balaban J connectivity index is 1.79. The summed E-state index contributed by atoms with van der Waals surface area (Å²) in [6, 6.07) is 8.12. The summed E-state index contributed by atoms with van der Waals surface area (Å²) < 4.78 is 0. The molecule has 0 spiro atoms. The summed E-state index contributed by atoms with van der Waals surface area (Å²) in [5, 5.41) is 3.85. The van der Waals surface area contributed by atoms with E-state index < -0.39 is 0 Å². The summed E-state index contributed by atoms with van der Waals surface area (Å²) in [4.78, 5) is 2.51. The first kappa shape index (κ1) is 16.5. The number of fused-ring (bicyclic) bond motifs is 1. The van der Waals surface area contributed by atoms with Crippen LogP contribution in [-0.2, 0) is 6.42 Å². The lowest BCUT2D eigenvalue weighted by molar-refractivity contribution is 0.288. The van der Waals surface area contributed by atoms with Crippen molar-refractivity contribution in [2.45, 2.75) is 65.5 Å². The van der Waals surface area contributed by atoms with Crippen molar-refractivity contribution >= 4 is 0 Å². The van der Waals surface area contributed by atoms with Crippen molar-refractivity contribution in [2.24, 2.45) is 0 Å². The Kier molecular flexibility index (Phi) is 6.25. The van der Waals surface area contributed by atoms with Crippen LogP contribution >= 0.6 is 0 Å². The highest BCUT2D eigenvalue weighted by Gasteiger charge is 2.23. The van der Waals surface area contributed by atoms with Crippen LogP contribution in [0.1, 0.15) is 62.8 Å². The van der Waals surface area contributed by atoms with Gasteiger partial charge in [-0.05, 0) is 70.3 Å². The molecule has 1 N–H and O–H groups in total. The Morgan fingerprint density at radius 1 is 1.29 bits per heavy atom. The first-order valence-corrected chi connectivity index (χ1v) is 8.71. The minimum atomic E-state index is 0.573. The zero-order valence-corrected chi connectivity index (χ0v) is 14.3. The van der Waals surface area contributed by atoms with Crippen LogP contribution in [-0.4, -0.2) is 30.6 Å². The van der Waals surface area contributed by atoms with Gasteiger partial charge in [0.25, 0.3) is 0 Å². The van der Waals surface area contributed by atoms with Gasteiger partial charge in [-0.15, -0.1) is 0 Å². The normalized spacial score (nSPS) is 19.0. The molecule has 0 saturated heterocycles. The Labute approximate surface area is 130 Å². The fourth-order valence-electron chi connectivity index (χ4n) is 3.48. The fraction of sp³-hybridized carbons (Fsp3) is 0.684. The maximum absolute atomic E-state index is 3.85. The van der Waals surface area contributed by atoms with E-state index in [4.69, 9.17) is 0 Å². The molecule has 2 atom stereocenters. The third-order valence-electron chi connectivity index (χ3n) is 4.87. The topological polar surface area (TPSA) is 15.3 Å². The average molecular weight is 288 g/mol. The van der Waals surface area contributed by atoms with Crippen LogP contribution in [0.2, 0.25) is 0 Å². The van der Waals surface area contributed by atoms with Crippen LogP contribution < -0.4 is 5.32 Å². The second-order valence-corrected chi connectivity index (χ2v) is 6.53. The van der Waals surface area contributed by atoms with E-state index in [1.54, 1.807) is 11.1 Å². The zero-order chi connectivity index (χ0) is 15.2. The van der Waals surface area contributed by atoms with Crippen molar-refractivity contribution in [2.75, 3.05) is 19.6 Å². The highest BCUT2D eigenvalue weighted by molar-refractivity contribution is 5.37. The number of aryl methyl sites for hydroxylation is 2. The third-order valence-corrected chi connectivity index (χ3v) is 4.87. The molecule has 2 unspecified atom stereocenters. The third kappa shape index (κ3) is 4.55. The van der Waals surface area contributed by atoms with Crippen molar-refractivity contribution in [3.8, 4) is 0 Å². The van der Waals surface area contributed by atoms with Gasteiger partial charge in [0.05, 0.1) is 0 Å². The molecule has 0 heterocycles. The van der Waals surface area contributed by atoms with Crippen molar-refractivity contribution in [1.82, 2.24) is 10.2 Å². The molecule has 0 fully saturated rings. The summed E-state index contributed by atoms with van der Waals surface area (Å²) in [6.07, 6.45) is 5.07. The highest BCUT2D eigenvalue weighted by Crippen LogP contribution is 2.32. The van der Waals surface area contributed by atoms with Gasteiger partial charge in [-0.2, -0.15) is 0 Å². The van der Waals surface area contributed by atoms with Gasteiger partial charge in [-0.25, -0.2) is 0 Å². The van der Waals surface area contributed by atoms with E-state index in [0.717, 1.165) is 0 Å². The monoisotopic (exact) mass is 288 g/mol. The maximum atomic E-state index is 3.85. The second kappa shape index (κ2) is 7.95. The summed E-state index contributed by atoms with van der Waals surface area (Å²) in [7, 11) is 0. The van der Waals surface area contributed by atoms with Crippen LogP contribution in [0.15, 0.2) is 18.2 Å². The predicted octanol–water partition coefficient (Wildman–Crippen LogP) is 4.08. The van der Waals surface area contributed by atoms with Gasteiger partial charge in [0.15, 0.2) is 0 Å². The molecule has 21 heavy (non-hydrogen) atoms. The minimum Gasteiger partial charge on any atom is -0.307 e. The van der Waals surface area contributed by atoms with Crippen LogP contribution in [0.25, 0.3) is 0 Å². The molecule has 1 aliphatic carbocycles. The molecule has 1 aromatic carbocycles. The lowest BCUT2D eigenvalue weighted by Crippen LogP contribution is -2.31. The Morgan fingerprint density at radius 3 is 2.76 bits per heavy atom. The predicted molar refractivity (Wildman–Crippen MR) is 91.9 cm³/mol. The number of rotatable bonds is 8. The van der Waals surface area contributed by atoms with Crippen LogP contribution in [0.3, 0.4) is 0 Å². The molecule has 0 aliphatic heterocycles. The smallest absolute Gasteiger partial charge is 0.0328 e. The molecule has 0 saturated carbocycles. The second-order valence-electron chi connectivity index (χ2n) is 6.53. The van der Waals surface area contributed by atoms with Gasteiger partial charge in [-0.1, -0.05) is 37.6 Å². The molecular formula is C19H32N2. The quantitative estimate of drug-likeness (QED) is 0.775. The van der Waals surface area contributed by atoms with E-state index in [0.29, 0.717) is 12.1 Å². The van der Waals surface area contributed by atoms with Crippen LogP contribution in [0, 0.1) is 6.92 Å². The Hall–Kier alpha value is -0.860. The van der Waals surface area contributed by atoms with Gasteiger partial charge in [0, 0.05) is 12.1 Å². The highest BCUT2D eigenvalue weighted by atomic mass is 15.1. The van der Waals surface area contributed by atoms with Crippen LogP contribution in [0.4, 0.5) is 0 Å². The SMILES string of the molecule is CCN(CC)CCCC(C)NC1CCc2ccc(C)cc21. The van der Waals surface area contributed by atoms with Crippen molar-refractivity contribution in [3.63, 3.8) is 0 Å². The minimum absolute atomic E-state index is 0.573. The Morgan fingerprint density at radius 2 is 2.05 bits per heavy atom. The van der Waals surface area contributed by atoms with Gasteiger partial charge in [-0.3, -0.25) is 0 Å². The Bertz CT molecular complexity index is 437. The van der Waals surface area contributed by atoms with Crippen molar-refractivity contribution < 1.29 is 0 Å². The lowest BCUT2D eigenvalue weighted by Gasteiger charge is -2.23. The van der Waals surface area contributed by atoms with E-state index in [-0.39, 0.29) is 0 Å². The van der Waals surface area contributed by atoms with Gasteiger partial charge >= 0.3 is 0 Å². The molecule has 2 nitrogen and oxygen atoms in total. The zero-order valence-electron chi connectivity index (χ0n) is 14.3. The van der Waals surface area contributed by atoms with E-state index >= 15 is 0 Å². The summed E-state index contributed by atoms with van der Waals surface area (Å²) in [5.74, 6) is 0. The van der Waals surface area contributed by atoms with Crippen LogP contribution in [0.5, 0.6) is 0 Å². The maximum Gasteiger partial charge on any atom is 0.0328 e. The number of hydrogen-bond acceptors (Lipinski definition) is 2. The van der Waals surface area contributed by atoms with E-state index in [9.17, 15) is 0 Å². The molecule has 0 bridgehead atoms. The lowest BCUT2D eigenvalue weighted by atomic mass is 10.0. The number of benzene rings is 1. The molecule has 1 aromatic rings. The number of nitrogens with zero attached hydrogens (tertiary/aromatic N) is 1. The van der Waals surface area contributed by atoms with E-state index in [2.05, 4.69) is 56.1 Å². The fourth-order valence-corrected chi connectivity index (χ4v) is 3.48. The van der Waals surface area contributed by atoms with E-state index in [1.807, 2.05) is 0 Å². The molecule has 2 heteroatoms. The molecule has 0 amide bonds. The molecule has 0 radical (unpaired) electrons. The first-order chi connectivity index (χ1) is 10.1. The standard InChI is InChI=1S/C19H32N2/c1-5-21(6-2)13-7-8-16(4)20-19-12-11-17-10-9-15(3)14-18(17)19/h9-10,14,16,19-20H,5-8,11-13H2,1-4H3. The summed E-state index contributed by atoms with van der Waals surface area (Å²) in [5.41, 5.74) is 4.48. The molecular weight excluding hydrogens is 256 g/mol. The van der Waals surface area contributed by atoms with Gasteiger partial charge < -0.3 is 10.2 Å². The molecule has 2 rings (SSSR count). The first-order valence-electron chi connectivity index (χ1n) is 8.71. The largest absolute Gasteiger partial charge is 0.307 e. The van der Waals surface area contributed by atoms with E-state index in [1.165, 1.54) is 50.9 Å². The van der Waals surface area contributed by atoms with Gasteiger partial charge in [0.2, 0.25) is 0 Å². The van der Waals surface area contributed by atoms with Gasteiger partial charge in [0.1, 0.15) is 0 Å². The van der Waals surface area contributed by atoms with Crippen molar-refractivity contribution in [3.05, 3.63) is 34.9 Å². The summed E-state index contributed by atoms with van der Waals surface area (Å²) in [6.45, 7) is 12.6. The summed E-state index contributed by atoms with van der Waals surface area (Å²) >= 11 is 0. The molecule has 0 aromatic heterocycles.